The number of unbranched alkanes of at least 4 members (excludes halogenated alkanes) is 1. The molecule has 0 saturated carbocycles. The number of rotatable bonds is 6. The normalized spacial score (nSPS) is 10.8. The molecule has 5 nitrogen and oxygen atoms in total. The summed E-state index contributed by atoms with van der Waals surface area (Å²) in [7, 11) is 0. The van der Waals surface area contributed by atoms with Gasteiger partial charge in [-0.2, -0.15) is 0 Å². The van der Waals surface area contributed by atoms with Gasteiger partial charge >= 0.3 is 0 Å². The second-order valence-electron chi connectivity index (χ2n) is 4.60. The zero-order chi connectivity index (χ0) is 14.5. The molecule has 1 amide bonds. The summed E-state index contributed by atoms with van der Waals surface area (Å²) in [4.78, 5) is 17.1. The third-order valence-electron chi connectivity index (χ3n) is 2.87. The molecular weight excluding hydrogens is 274 g/mol. The Morgan fingerprint density at radius 1 is 1.40 bits per heavy atom. The molecule has 0 aromatic carbocycles. The van der Waals surface area contributed by atoms with E-state index in [1.807, 2.05) is 26.0 Å². The van der Waals surface area contributed by atoms with E-state index in [1.165, 1.54) is 11.3 Å². The van der Waals surface area contributed by atoms with Crippen molar-refractivity contribution >= 4 is 17.2 Å². The molecule has 0 saturated heterocycles. The fraction of sp³-hybridized carbons (Fsp3) is 0.429. The van der Waals surface area contributed by atoms with Crippen LogP contribution in [0.15, 0.2) is 16.5 Å². The molecule has 2 rings (SSSR count). The van der Waals surface area contributed by atoms with E-state index in [-0.39, 0.29) is 5.91 Å². The lowest BCUT2D eigenvalue weighted by molar-refractivity contribution is 0.0956. The minimum atomic E-state index is -0.0773. The van der Waals surface area contributed by atoms with Crippen LogP contribution in [0, 0.1) is 13.8 Å². The van der Waals surface area contributed by atoms with Crippen LogP contribution in [-0.4, -0.2) is 24.0 Å². The molecule has 0 bridgehead atoms. The molecule has 0 aliphatic carbocycles. The number of aryl methyl sites for hydroxylation is 2. The van der Waals surface area contributed by atoms with Gasteiger partial charge in [0.1, 0.15) is 10.6 Å². The van der Waals surface area contributed by atoms with Crippen LogP contribution in [0.25, 0.3) is 10.8 Å². The van der Waals surface area contributed by atoms with Gasteiger partial charge in [-0.15, -0.1) is 11.3 Å². The smallest absolute Gasteiger partial charge is 0.263 e. The Labute approximate surface area is 122 Å². The Kier molecular flexibility index (Phi) is 4.92. The fourth-order valence-electron chi connectivity index (χ4n) is 1.81. The minimum Gasteiger partial charge on any atom is -0.459 e. The molecule has 2 aromatic rings. The second-order valence-corrected chi connectivity index (χ2v) is 5.59. The van der Waals surface area contributed by atoms with Gasteiger partial charge in [-0.05, 0) is 45.4 Å². The van der Waals surface area contributed by atoms with Crippen molar-refractivity contribution in [1.29, 1.82) is 0 Å². The maximum absolute atomic E-state index is 12.1. The molecule has 0 aliphatic heterocycles. The fourth-order valence-corrected chi connectivity index (χ4v) is 2.76. The summed E-state index contributed by atoms with van der Waals surface area (Å²) in [6.45, 7) is 5.01. The second kappa shape index (κ2) is 6.67. The Bertz CT molecular complexity index is 589. The van der Waals surface area contributed by atoms with Crippen molar-refractivity contribution in [3.8, 4) is 10.8 Å². The third kappa shape index (κ3) is 3.46. The van der Waals surface area contributed by atoms with Crippen LogP contribution in [0.3, 0.4) is 0 Å². The topological polar surface area (TPSA) is 81.2 Å². The molecule has 0 radical (unpaired) electrons. The van der Waals surface area contributed by atoms with Crippen molar-refractivity contribution in [2.24, 2.45) is 5.73 Å². The van der Waals surface area contributed by atoms with Crippen LogP contribution in [0.2, 0.25) is 0 Å². The number of hydrogen-bond donors (Lipinski definition) is 2. The van der Waals surface area contributed by atoms with Crippen molar-refractivity contribution in [3.05, 3.63) is 28.5 Å². The molecule has 6 heteroatoms. The minimum absolute atomic E-state index is 0.0773. The highest BCUT2D eigenvalue weighted by Gasteiger charge is 2.17. The van der Waals surface area contributed by atoms with E-state index >= 15 is 0 Å². The standard InChI is InChI=1S/C14H19N3O2S/c1-9-5-6-11(19-9)14-17-10(2)12(20-14)13(18)16-8-4-3-7-15/h5-6H,3-4,7-8,15H2,1-2H3,(H,16,18). The maximum atomic E-state index is 12.1. The number of aromatic nitrogens is 1. The van der Waals surface area contributed by atoms with Gasteiger partial charge in [0.05, 0.1) is 5.69 Å². The van der Waals surface area contributed by atoms with Gasteiger partial charge < -0.3 is 15.5 Å². The van der Waals surface area contributed by atoms with E-state index in [2.05, 4.69) is 10.3 Å². The number of nitrogens with one attached hydrogen (secondary N) is 1. The van der Waals surface area contributed by atoms with Crippen molar-refractivity contribution in [2.75, 3.05) is 13.1 Å². The average molecular weight is 293 g/mol. The van der Waals surface area contributed by atoms with Gasteiger partial charge in [0.25, 0.3) is 5.91 Å². The lowest BCUT2D eigenvalue weighted by atomic mass is 10.3. The van der Waals surface area contributed by atoms with E-state index in [0.29, 0.717) is 23.7 Å². The molecule has 0 aliphatic rings. The van der Waals surface area contributed by atoms with Gasteiger partial charge in [-0.3, -0.25) is 4.79 Å². The molecule has 0 atom stereocenters. The van der Waals surface area contributed by atoms with Crippen LogP contribution in [0.5, 0.6) is 0 Å². The highest BCUT2D eigenvalue weighted by atomic mass is 32.1. The first-order valence-electron chi connectivity index (χ1n) is 6.64. The average Bonchev–Trinajstić information content (AvgIpc) is 3.00. The summed E-state index contributed by atoms with van der Waals surface area (Å²) in [5, 5.41) is 3.63. The predicted octanol–water partition coefficient (Wildman–Crippen LogP) is 2.49. The number of nitrogens with zero attached hydrogens (tertiary/aromatic N) is 1. The number of nitrogens with two attached hydrogens (primary N) is 1. The Morgan fingerprint density at radius 2 is 2.20 bits per heavy atom. The lowest BCUT2D eigenvalue weighted by Crippen LogP contribution is -2.24. The van der Waals surface area contributed by atoms with E-state index < -0.39 is 0 Å². The summed E-state index contributed by atoms with van der Waals surface area (Å²) in [6.07, 6.45) is 1.81. The highest BCUT2D eigenvalue weighted by molar-refractivity contribution is 7.17. The molecule has 20 heavy (non-hydrogen) atoms. The SMILES string of the molecule is Cc1ccc(-c2nc(C)c(C(=O)NCCCCN)s2)o1. The van der Waals surface area contributed by atoms with Crippen LogP contribution in [0.4, 0.5) is 0 Å². The van der Waals surface area contributed by atoms with Crippen molar-refractivity contribution in [3.63, 3.8) is 0 Å². The maximum Gasteiger partial charge on any atom is 0.263 e. The van der Waals surface area contributed by atoms with Crippen LogP contribution >= 0.6 is 11.3 Å². The molecule has 2 heterocycles. The molecule has 108 valence electrons. The summed E-state index contributed by atoms with van der Waals surface area (Å²) in [6, 6.07) is 3.76. The van der Waals surface area contributed by atoms with Gasteiger partial charge in [0.2, 0.25) is 0 Å². The molecule has 0 unspecified atom stereocenters. The van der Waals surface area contributed by atoms with Gasteiger partial charge in [-0.1, -0.05) is 0 Å². The van der Waals surface area contributed by atoms with Crippen LogP contribution < -0.4 is 11.1 Å². The van der Waals surface area contributed by atoms with Crippen LogP contribution in [-0.2, 0) is 0 Å². The van der Waals surface area contributed by atoms with E-state index in [0.717, 1.165) is 29.3 Å². The number of thiazole rings is 1. The number of hydrogen-bond acceptors (Lipinski definition) is 5. The molecule has 2 aromatic heterocycles. The van der Waals surface area contributed by atoms with Gasteiger partial charge in [-0.25, -0.2) is 4.98 Å². The zero-order valence-electron chi connectivity index (χ0n) is 11.7. The number of amides is 1. The predicted molar refractivity (Wildman–Crippen MR) is 79.9 cm³/mol. The van der Waals surface area contributed by atoms with E-state index in [1.54, 1.807) is 0 Å². The first-order chi connectivity index (χ1) is 9.61. The lowest BCUT2D eigenvalue weighted by Gasteiger charge is -2.02. The number of carbonyl (C=O) groups is 1. The molecule has 0 spiro atoms. The summed E-state index contributed by atoms with van der Waals surface area (Å²) in [5.74, 6) is 1.46. The largest absolute Gasteiger partial charge is 0.459 e. The Morgan fingerprint density at radius 3 is 2.85 bits per heavy atom. The molecule has 0 fully saturated rings. The molecular formula is C14H19N3O2S. The number of carbonyl (C=O) groups excluding carboxylic acids is 1. The third-order valence-corrected chi connectivity index (χ3v) is 4.04. The van der Waals surface area contributed by atoms with Gasteiger partial charge in [0, 0.05) is 6.54 Å². The zero-order valence-corrected chi connectivity index (χ0v) is 12.5. The van der Waals surface area contributed by atoms with Gasteiger partial charge in [0.15, 0.2) is 10.8 Å². The Balaban J connectivity index is 2.05. The quantitative estimate of drug-likeness (QED) is 0.802. The van der Waals surface area contributed by atoms with E-state index in [9.17, 15) is 4.79 Å². The van der Waals surface area contributed by atoms with Crippen molar-refractivity contribution in [1.82, 2.24) is 10.3 Å². The first-order valence-corrected chi connectivity index (χ1v) is 7.46. The van der Waals surface area contributed by atoms with Crippen molar-refractivity contribution in [2.45, 2.75) is 26.7 Å². The van der Waals surface area contributed by atoms with Crippen LogP contribution in [0.1, 0.15) is 34.0 Å². The highest BCUT2D eigenvalue weighted by Crippen LogP contribution is 2.29. The first kappa shape index (κ1) is 14.7. The summed E-state index contributed by atoms with van der Waals surface area (Å²) in [5.41, 5.74) is 6.15. The monoisotopic (exact) mass is 293 g/mol. The van der Waals surface area contributed by atoms with E-state index in [4.69, 9.17) is 10.2 Å². The Hall–Kier alpha value is -1.66. The molecule has 3 N–H and O–H groups in total. The van der Waals surface area contributed by atoms with Crippen molar-refractivity contribution < 1.29 is 9.21 Å². The summed E-state index contributed by atoms with van der Waals surface area (Å²) < 4.78 is 5.53. The number of furan rings is 1. The summed E-state index contributed by atoms with van der Waals surface area (Å²) >= 11 is 1.36.